The lowest BCUT2D eigenvalue weighted by Gasteiger charge is -2.37. The van der Waals surface area contributed by atoms with Crippen LogP contribution in [0.2, 0.25) is 0 Å². The van der Waals surface area contributed by atoms with Crippen LogP contribution in [0.5, 0.6) is 0 Å². The second-order valence-corrected chi connectivity index (χ2v) is 12.7. The zero-order valence-electron chi connectivity index (χ0n) is 27.3. The van der Waals surface area contributed by atoms with Crippen LogP contribution in [0.4, 0.5) is 5.69 Å². The molecule has 1 saturated heterocycles. The van der Waals surface area contributed by atoms with Crippen molar-refractivity contribution >= 4 is 17.5 Å². The van der Waals surface area contributed by atoms with E-state index in [1.807, 2.05) is 32.9 Å². The third kappa shape index (κ3) is 8.02. The number of aromatic nitrogens is 1. The van der Waals surface area contributed by atoms with Gasteiger partial charge in [-0.2, -0.15) is 0 Å². The van der Waals surface area contributed by atoms with E-state index in [2.05, 4.69) is 62.8 Å². The summed E-state index contributed by atoms with van der Waals surface area (Å²) >= 11 is 0. The monoisotopic (exact) mass is 613 g/mol. The zero-order valence-corrected chi connectivity index (χ0v) is 27.3. The zero-order chi connectivity index (χ0) is 32.1. The molecule has 0 radical (unpaired) electrons. The molecular weight excluding hydrogens is 566 g/mol. The van der Waals surface area contributed by atoms with E-state index < -0.39 is 0 Å². The first kappa shape index (κ1) is 32.4. The Labute approximate surface area is 266 Å². The highest BCUT2D eigenvalue weighted by Crippen LogP contribution is 2.34. The summed E-state index contributed by atoms with van der Waals surface area (Å²) in [5.74, 6) is -0.188. The molecule has 2 aliphatic rings. The number of rotatable bonds is 9. The maximum Gasteiger partial charge on any atom is 0.253 e. The summed E-state index contributed by atoms with van der Waals surface area (Å²) in [7, 11) is 2.11. The number of hydrogen-bond acceptors (Lipinski definition) is 6. The molecule has 9 nitrogen and oxygen atoms in total. The Morgan fingerprint density at radius 1 is 0.978 bits per heavy atom. The molecule has 0 spiro atoms. The molecule has 3 aromatic rings. The Balaban J connectivity index is 1.42. The molecule has 0 atom stereocenters. The van der Waals surface area contributed by atoms with Crippen molar-refractivity contribution in [2.24, 2.45) is 0 Å². The first-order valence-electron chi connectivity index (χ1n) is 16.1. The van der Waals surface area contributed by atoms with Gasteiger partial charge < -0.3 is 25.3 Å². The van der Waals surface area contributed by atoms with E-state index in [-0.39, 0.29) is 30.0 Å². The Morgan fingerprint density at radius 3 is 2.31 bits per heavy atom. The van der Waals surface area contributed by atoms with Crippen LogP contribution in [0.1, 0.15) is 70.9 Å². The van der Waals surface area contributed by atoms with Gasteiger partial charge in [-0.25, -0.2) is 0 Å². The molecule has 45 heavy (non-hydrogen) atoms. The number of benzene rings is 2. The van der Waals surface area contributed by atoms with Crippen LogP contribution in [0, 0.1) is 20.8 Å². The van der Waals surface area contributed by atoms with Gasteiger partial charge in [-0.15, -0.1) is 0 Å². The molecule has 2 amide bonds. The van der Waals surface area contributed by atoms with Gasteiger partial charge in [0, 0.05) is 74.7 Å². The van der Waals surface area contributed by atoms with Gasteiger partial charge >= 0.3 is 0 Å². The third-order valence-electron chi connectivity index (χ3n) is 9.37. The average Bonchev–Trinajstić information content (AvgIpc) is 3.01. The lowest BCUT2D eigenvalue weighted by atomic mass is 9.89. The van der Waals surface area contributed by atoms with Gasteiger partial charge in [0.05, 0.1) is 13.2 Å². The van der Waals surface area contributed by atoms with Crippen molar-refractivity contribution in [1.82, 2.24) is 20.5 Å². The minimum absolute atomic E-state index is 0.0183. The van der Waals surface area contributed by atoms with Crippen LogP contribution < -0.4 is 21.1 Å². The van der Waals surface area contributed by atoms with Gasteiger partial charge in [0.15, 0.2) is 0 Å². The molecule has 9 heteroatoms. The van der Waals surface area contributed by atoms with Gasteiger partial charge in [-0.3, -0.25) is 19.3 Å². The number of carbonyl (C=O) groups is 2. The fraction of sp³-hybridized carbons (Fsp3) is 0.472. The highest BCUT2D eigenvalue weighted by atomic mass is 16.5. The van der Waals surface area contributed by atoms with Crippen molar-refractivity contribution in [3.8, 4) is 11.1 Å². The topological polar surface area (TPSA) is 107 Å². The Kier molecular flexibility index (Phi) is 10.4. The fourth-order valence-electron chi connectivity index (χ4n) is 6.74. The number of carbonyl (C=O) groups excluding carboxylic acids is 2. The molecular formula is C36H47N5O4. The number of amides is 2. The molecule has 1 aliphatic heterocycles. The van der Waals surface area contributed by atoms with E-state index >= 15 is 0 Å². The first-order chi connectivity index (χ1) is 21.6. The summed E-state index contributed by atoms with van der Waals surface area (Å²) < 4.78 is 5.50. The van der Waals surface area contributed by atoms with E-state index in [9.17, 15) is 14.4 Å². The number of aromatic amines is 1. The van der Waals surface area contributed by atoms with Crippen LogP contribution in [-0.4, -0.2) is 67.1 Å². The molecule has 0 bridgehead atoms. The summed E-state index contributed by atoms with van der Waals surface area (Å²) in [5, 5.41) is 6.10. The molecule has 0 unspecified atom stereocenters. The molecule has 3 N–H and O–H groups in total. The largest absolute Gasteiger partial charge is 0.379 e. The van der Waals surface area contributed by atoms with E-state index in [4.69, 9.17) is 4.74 Å². The lowest BCUT2D eigenvalue weighted by Crippen LogP contribution is -2.42. The van der Waals surface area contributed by atoms with Crippen LogP contribution in [0.15, 0.2) is 47.3 Å². The highest BCUT2D eigenvalue weighted by Gasteiger charge is 2.27. The number of H-pyrrole nitrogens is 1. The number of morpholine rings is 1. The average molecular weight is 614 g/mol. The number of anilines is 1. The van der Waals surface area contributed by atoms with E-state index in [0.717, 1.165) is 92.2 Å². The minimum Gasteiger partial charge on any atom is -0.379 e. The number of aryl methyl sites for hydroxylation is 2. The molecule has 2 heterocycles. The Bertz CT molecular complexity index is 1570. The first-order valence-corrected chi connectivity index (χ1v) is 16.1. The van der Waals surface area contributed by atoms with Crippen LogP contribution in [0.3, 0.4) is 0 Å². The Morgan fingerprint density at radius 2 is 1.67 bits per heavy atom. The number of nitrogens with one attached hydrogen (secondary N) is 3. The minimum atomic E-state index is -0.207. The highest BCUT2D eigenvalue weighted by molar-refractivity contribution is 5.99. The smallest absolute Gasteiger partial charge is 0.253 e. The standard InChI is InChI=1S/C36H47N5O4/c1-23-18-24(2)38-36(44)33(23)21-37-35(43)32-19-29(28-8-6-27(7-9-28)22-41-14-16-45-17-15-41)20-34(25(32)3)40(5)31-12-10-30(11-13-31)39-26(4)42/h6-9,18-20,30-31H,10-17,21-22H2,1-5H3,(H,37,43)(H,38,44)(H,39,42). The SMILES string of the molecule is CC(=O)NC1CCC(N(C)c2cc(-c3ccc(CN4CCOCC4)cc3)cc(C(=O)NCc3c(C)cc(C)[nH]c3=O)c2C)CC1. The van der Waals surface area contributed by atoms with Crippen molar-refractivity contribution < 1.29 is 14.3 Å². The van der Waals surface area contributed by atoms with Gasteiger partial charge in [0.2, 0.25) is 5.91 Å². The maximum atomic E-state index is 13.8. The number of hydrogen-bond donors (Lipinski definition) is 3. The molecule has 1 aliphatic carbocycles. The predicted octanol–water partition coefficient (Wildman–Crippen LogP) is 4.61. The van der Waals surface area contributed by atoms with E-state index in [0.29, 0.717) is 17.2 Å². The summed E-state index contributed by atoms with van der Waals surface area (Å²) in [5.41, 5.74) is 7.82. The molecule has 5 rings (SSSR count). The van der Waals surface area contributed by atoms with Crippen LogP contribution in [0.25, 0.3) is 11.1 Å². The summed E-state index contributed by atoms with van der Waals surface area (Å²) in [6, 6.07) is 15.2. The third-order valence-corrected chi connectivity index (χ3v) is 9.37. The Hall–Kier alpha value is -3.95. The van der Waals surface area contributed by atoms with Crippen molar-refractivity contribution in [3.63, 3.8) is 0 Å². The summed E-state index contributed by atoms with van der Waals surface area (Å²) in [4.78, 5) is 45.6. The fourth-order valence-corrected chi connectivity index (χ4v) is 6.74. The molecule has 1 aromatic heterocycles. The quantitative estimate of drug-likeness (QED) is 0.326. The van der Waals surface area contributed by atoms with E-state index in [1.54, 1.807) is 6.92 Å². The predicted molar refractivity (Wildman–Crippen MR) is 179 cm³/mol. The van der Waals surface area contributed by atoms with Gasteiger partial charge in [-0.1, -0.05) is 24.3 Å². The molecule has 2 fully saturated rings. The second kappa shape index (κ2) is 14.4. The number of pyridine rings is 1. The molecule has 2 aromatic carbocycles. The second-order valence-electron chi connectivity index (χ2n) is 12.7. The van der Waals surface area contributed by atoms with E-state index in [1.165, 1.54) is 5.56 Å². The molecule has 240 valence electrons. The maximum absolute atomic E-state index is 13.8. The number of ether oxygens (including phenoxy) is 1. The van der Waals surface area contributed by atoms with Crippen molar-refractivity contribution in [2.75, 3.05) is 38.3 Å². The normalized spacial score (nSPS) is 18.8. The van der Waals surface area contributed by atoms with Gasteiger partial charge in [-0.05, 0) is 92.5 Å². The summed E-state index contributed by atoms with van der Waals surface area (Å²) in [6.45, 7) is 11.8. The van der Waals surface area contributed by atoms with Crippen molar-refractivity contribution in [2.45, 2.75) is 78.6 Å². The summed E-state index contributed by atoms with van der Waals surface area (Å²) in [6.07, 6.45) is 3.77. The van der Waals surface area contributed by atoms with Crippen LogP contribution in [-0.2, 0) is 22.6 Å². The van der Waals surface area contributed by atoms with Crippen molar-refractivity contribution in [3.05, 3.63) is 86.3 Å². The van der Waals surface area contributed by atoms with Crippen molar-refractivity contribution in [1.29, 1.82) is 0 Å². The number of nitrogens with zero attached hydrogens (tertiary/aromatic N) is 2. The van der Waals surface area contributed by atoms with Gasteiger partial charge in [0.25, 0.3) is 11.5 Å². The van der Waals surface area contributed by atoms with Crippen LogP contribution >= 0.6 is 0 Å². The molecule has 1 saturated carbocycles. The van der Waals surface area contributed by atoms with Gasteiger partial charge in [0.1, 0.15) is 0 Å². The lowest BCUT2D eigenvalue weighted by molar-refractivity contribution is -0.119.